The summed E-state index contributed by atoms with van der Waals surface area (Å²) in [6.45, 7) is -3.18. The van der Waals surface area contributed by atoms with Crippen LogP contribution in [0.1, 0.15) is 11.1 Å². The Morgan fingerprint density at radius 1 is 0.955 bits per heavy atom. The van der Waals surface area contributed by atoms with Crippen LogP contribution in [0.5, 0.6) is 5.75 Å². The Morgan fingerprint density at radius 3 is 2.27 bits per heavy atom. The number of rotatable bonds is 5. The molecule has 0 aliphatic heterocycles. The van der Waals surface area contributed by atoms with E-state index in [4.69, 9.17) is 0 Å². The molecule has 0 fully saturated rings. The molecular weight excluding hydrogens is 305 g/mol. The molecule has 0 radical (unpaired) electrons. The van der Waals surface area contributed by atoms with Crippen LogP contribution in [0.15, 0.2) is 48.5 Å². The van der Waals surface area contributed by atoms with Gasteiger partial charge in [0, 0.05) is 6.54 Å². The molecule has 7 heteroatoms. The summed E-state index contributed by atoms with van der Waals surface area (Å²) >= 11 is 0. The summed E-state index contributed by atoms with van der Waals surface area (Å²) in [5, 5.41) is 2.69. The second-order valence-electron chi connectivity index (χ2n) is 4.38. The van der Waals surface area contributed by atoms with Crippen molar-refractivity contribution in [2.24, 2.45) is 0 Å². The molecule has 0 aliphatic carbocycles. The van der Waals surface area contributed by atoms with E-state index in [0.717, 1.165) is 6.07 Å². The molecule has 0 heterocycles. The van der Waals surface area contributed by atoms with Crippen molar-refractivity contribution in [3.63, 3.8) is 0 Å². The van der Waals surface area contributed by atoms with Crippen molar-refractivity contribution in [1.29, 1.82) is 0 Å². The number of hydrogen-bond acceptors (Lipinski definition) is 2. The lowest BCUT2D eigenvalue weighted by atomic mass is 10.1. The molecule has 0 saturated heterocycles. The Kier molecular flexibility index (Phi) is 4.85. The molecule has 1 N–H and O–H groups in total. The van der Waals surface area contributed by atoms with E-state index in [-0.39, 0.29) is 23.5 Å². The molecular formula is C15H12F5NO. The van der Waals surface area contributed by atoms with E-state index < -0.39 is 18.4 Å². The number of para-hydroxylation sites is 2. The first-order valence-electron chi connectivity index (χ1n) is 6.31. The van der Waals surface area contributed by atoms with Gasteiger partial charge in [-0.2, -0.15) is 22.0 Å². The first-order valence-corrected chi connectivity index (χ1v) is 6.31. The number of halogens is 5. The molecule has 0 saturated carbocycles. The Hall–Kier alpha value is -2.31. The van der Waals surface area contributed by atoms with Crippen LogP contribution in [0.2, 0.25) is 0 Å². The topological polar surface area (TPSA) is 21.3 Å². The fourth-order valence-electron chi connectivity index (χ4n) is 1.95. The highest BCUT2D eigenvalue weighted by atomic mass is 19.4. The van der Waals surface area contributed by atoms with Gasteiger partial charge in [0.15, 0.2) is 0 Å². The molecule has 118 valence electrons. The van der Waals surface area contributed by atoms with Gasteiger partial charge in [-0.15, -0.1) is 0 Å². The van der Waals surface area contributed by atoms with Gasteiger partial charge < -0.3 is 10.1 Å². The molecule has 0 atom stereocenters. The molecule has 2 rings (SSSR count). The number of ether oxygens (including phenoxy) is 1. The summed E-state index contributed by atoms with van der Waals surface area (Å²) in [4.78, 5) is 0. The molecule has 2 aromatic rings. The van der Waals surface area contributed by atoms with Crippen molar-refractivity contribution in [3.8, 4) is 5.75 Å². The zero-order valence-corrected chi connectivity index (χ0v) is 11.2. The highest BCUT2D eigenvalue weighted by molar-refractivity contribution is 5.56. The first-order chi connectivity index (χ1) is 10.4. The minimum Gasteiger partial charge on any atom is -0.433 e. The lowest BCUT2D eigenvalue weighted by Crippen LogP contribution is -2.12. The molecule has 0 unspecified atom stereocenters. The Morgan fingerprint density at radius 2 is 1.59 bits per heavy atom. The van der Waals surface area contributed by atoms with Crippen LogP contribution in [0.3, 0.4) is 0 Å². The number of anilines is 1. The maximum Gasteiger partial charge on any atom is 0.416 e. The maximum absolute atomic E-state index is 12.9. The lowest BCUT2D eigenvalue weighted by molar-refractivity contribution is -0.138. The van der Waals surface area contributed by atoms with E-state index in [9.17, 15) is 22.0 Å². The van der Waals surface area contributed by atoms with Gasteiger partial charge in [0.05, 0.1) is 11.3 Å². The Balaban J connectivity index is 2.18. The number of hydrogen-bond donors (Lipinski definition) is 1. The van der Waals surface area contributed by atoms with E-state index in [1.807, 2.05) is 0 Å². The molecule has 0 bridgehead atoms. The molecule has 0 aromatic heterocycles. The molecule has 22 heavy (non-hydrogen) atoms. The van der Waals surface area contributed by atoms with Crippen LogP contribution in [0, 0.1) is 0 Å². The highest BCUT2D eigenvalue weighted by Gasteiger charge is 2.32. The van der Waals surface area contributed by atoms with Gasteiger partial charge in [0.1, 0.15) is 5.75 Å². The SMILES string of the molecule is FC(F)Oc1ccccc1NCc1ccccc1C(F)(F)F. The van der Waals surface area contributed by atoms with Crippen LogP contribution in [-0.2, 0) is 12.7 Å². The highest BCUT2D eigenvalue weighted by Crippen LogP contribution is 2.33. The minimum atomic E-state index is -4.47. The van der Waals surface area contributed by atoms with E-state index in [1.54, 1.807) is 6.07 Å². The van der Waals surface area contributed by atoms with Gasteiger partial charge in [0.25, 0.3) is 0 Å². The van der Waals surface area contributed by atoms with Gasteiger partial charge >= 0.3 is 12.8 Å². The third kappa shape index (κ3) is 4.09. The number of alkyl halides is 5. The normalized spacial score (nSPS) is 11.5. The zero-order chi connectivity index (χ0) is 16.2. The smallest absolute Gasteiger partial charge is 0.416 e. The summed E-state index contributed by atoms with van der Waals surface area (Å²) < 4.78 is 67.5. The van der Waals surface area contributed by atoms with Crippen molar-refractivity contribution in [2.75, 3.05) is 5.32 Å². The number of benzene rings is 2. The third-order valence-corrected chi connectivity index (χ3v) is 2.90. The summed E-state index contributed by atoms with van der Waals surface area (Å²) in [6.07, 6.45) is -4.47. The minimum absolute atomic E-state index is 0.0156. The van der Waals surface area contributed by atoms with Gasteiger partial charge in [-0.25, -0.2) is 0 Å². The molecule has 2 aromatic carbocycles. The van der Waals surface area contributed by atoms with Crippen LogP contribution in [0.25, 0.3) is 0 Å². The van der Waals surface area contributed by atoms with Crippen LogP contribution in [0.4, 0.5) is 27.6 Å². The van der Waals surface area contributed by atoms with Crippen LogP contribution in [-0.4, -0.2) is 6.61 Å². The Labute approximate surface area is 123 Å². The predicted molar refractivity (Wildman–Crippen MR) is 71.8 cm³/mol. The van der Waals surface area contributed by atoms with Gasteiger partial charge in [0.2, 0.25) is 0 Å². The van der Waals surface area contributed by atoms with Crippen LogP contribution >= 0.6 is 0 Å². The van der Waals surface area contributed by atoms with E-state index >= 15 is 0 Å². The van der Waals surface area contributed by atoms with Crippen molar-refractivity contribution < 1.29 is 26.7 Å². The van der Waals surface area contributed by atoms with Gasteiger partial charge in [-0.1, -0.05) is 30.3 Å². The van der Waals surface area contributed by atoms with Crippen molar-refractivity contribution in [2.45, 2.75) is 19.3 Å². The largest absolute Gasteiger partial charge is 0.433 e. The maximum atomic E-state index is 12.9. The molecule has 2 nitrogen and oxygen atoms in total. The second-order valence-corrected chi connectivity index (χ2v) is 4.38. The van der Waals surface area contributed by atoms with E-state index in [1.165, 1.54) is 36.4 Å². The average Bonchev–Trinajstić information content (AvgIpc) is 2.45. The summed E-state index contributed by atoms with van der Waals surface area (Å²) in [5.41, 5.74) is -0.559. The van der Waals surface area contributed by atoms with E-state index in [2.05, 4.69) is 10.1 Å². The standard InChI is InChI=1S/C15H12F5NO/c16-14(17)22-13-8-4-3-7-12(13)21-9-10-5-1-2-6-11(10)15(18,19)20/h1-8,14,21H,9H2. The zero-order valence-electron chi connectivity index (χ0n) is 11.2. The van der Waals surface area contributed by atoms with Crippen molar-refractivity contribution >= 4 is 5.69 Å². The van der Waals surface area contributed by atoms with Gasteiger partial charge in [-0.05, 0) is 23.8 Å². The second kappa shape index (κ2) is 6.64. The summed E-state index contributed by atoms with van der Waals surface area (Å²) in [7, 11) is 0. The fourth-order valence-corrected chi connectivity index (χ4v) is 1.95. The fraction of sp³-hybridized carbons (Fsp3) is 0.200. The average molecular weight is 317 g/mol. The molecule has 0 aliphatic rings. The summed E-state index contributed by atoms with van der Waals surface area (Å²) in [5.74, 6) is -0.123. The summed E-state index contributed by atoms with van der Waals surface area (Å²) in [6, 6.07) is 10.9. The van der Waals surface area contributed by atoms with Crippen molar-refractivity contribution in [1.82, 2.24) is 0 Å². The lowest BCUT2D eigenvalue weighted by Gasteiger charge is -2.15. The third-order valence-electron chi connectivity index (χ3n) is 2.90. The monoisotopic (exact) mass is 317 g/mol. The van der Waals surface area contributed by atoms with Crippen molar-refractivity contribution in [3.05, 3.63) is 59.7 Å². The quantitative estimate of drug-likeness (QED) is 0.790. The molecule has 0 amide bonds. The molecule has 0 spiro atoms. The van der Waals surface area contributed by atoms with Crippen LogP contribution < -0.4 is 10.1 Å². The van der Waals surface area contributed by atoms with Gasteiger partial charge in [-0.3, -0.25) is 0 Å². The first kappa shape index (κ1) is 16.1. The predicted octanol–water partition coefficient (Wildman–Crippen LogP) is 4.92. The van der Waals surface area contributed by atoms with E-state index in [0.29, 0.717) is 0 Å². The Bertz CT molecular complexity index is 627. The number of nitrogens with one attached hydrogen (secondary N) is 1.